The van der Waals surface area contributed by atoms with Crippen LogP contribution < -0.4 is 0 Å². The fourth-order valence-corrected chi connectivity index (χ4v) is 1.74. The predicted octanol–water partition coefficient (Wildman–Crippen LogP) is 1.13. The van der Waals surface area contributed by atoms with Gasteiger partial charge in [-0.1, -0.05) is 6.92 Å². The third-order valence-electron chi connectivity index (χ3n) is 2.72. The van der Waals surface area contributed by atoms with Crippen LogP contribution in [0.4, 0.5) is 0 Å². The normalized spacial score (nSPS) is 11.2. The van der Waals surface area contributed by atoms with Gasteiger partial charge in [0.25, 0.3) is 0 Å². The lowest BCUT2D eigenvalue weighted by atomic mass is 10.3. The van der Waals surface area contributed by atoms with Gasteiger partial charge in [-0.25, -0.2) is 0 Å². The molecule has 1 amide bonds. The van der Waals surface area contributed by atoms with E-state index in [1.165, 1.54) is 0 Å². The molecule has 102 valence electrons. The van der Waals surface area contributed by atoms with Gasteiger partial charge in [-0.15, -0.1) is 0 Å². The molecule has 0 aliphatic carbocycles. The van der Waals surface area contributed by atoms with Gasteiger partial charge < -0.3 is 14.7 Å². The zero-order valence-corrected chi connectivity index (χ0v) is 12.2. The Morgan fingerprint density at radius 2 is 1.24 bits per heavy atom. The Morgan fingerprint density at radius 3 is 1.53 bits per heavy atom. The average Bonchev–Trinajstić information content (AvgIpc) is 2.25. The van der Waals surface area contributed by atoms with Crippen molar-refractivity contribution in [1.82, 2.24) is 14.7 Å². The minimum atomic E-state index is 0.280. The van der Waals surface area contributed by atoms with Gasteiger partial charge in [-0.3, -0.25) is 4.79 Å². The van der Waals surface area contributed by atoms with Crippen molar-refractivity contribution in [3.8, 4) is 0 Å². The molecule has 0 rings (SSSR count). The van der Waals surface area contributed by atoms with Gasteiger partial charge in [-0.05, 0) is 54.1 Å². The first-order valence-corrected chi connectivity index (χ1v) is 6.54. The smallest absolute Gasteiger partial charge is 0.222 e. The van der Waals surface area contributed by atoms with Crippen molar-refractivity contribution in [1.29, 1.82) is 0 Å². The van der Waals surface area contributed by atoms with Gasteiger partial charge in [0.1, 0.15) is 0 Å². The summed E-state index contributed by atoms with van der Waals surface area (Å²) >= 11 is 0. The highest BCUT2D eigenvalue weighted by molar-refractivity contribution is 5.75. The van der Waals surface area contributed by atoms with E-state index in [4.69, 9.17) is 0 Å². The van der Waals surface area contributed by atoms with Gasteiger partial charge in [-0.2, -0.15) is 0 Å². The summed E-state index contributed by atoms with van der Waals surface area (Å²) in [6.45, 7) is 5.80. The first-order valence-electron chi connectivity index (χ1n) is 6.54. The van der Waals surface area contributed by atoms with E-state index in [1.54, 1.807) is 0 Å². The SMILES string of the molecule is CCC(=O)N(CCCN(C)C)CCCN(C)C. The molecule has 0 fully saturated rings. The number of carbonyl (C=O) groups excluding carboxylic acids is 1. The Morgan fingerprint density at radius 1 is 0.824 bits per heavy atom. The third kappa shape index (κ3) is 9.12. The maximum atomic E-state index is 11.8. The molecule has 0 aliphatic heterocycles. The second-order valence-electron chi connectivity index (χ2n) is 5.05. The van der Waals surface area contributed by atoms with Crippen molar-refractivity contribution in [3.63, 3.8) is 0 Å². The van der Waals surface area contributed by atoms with E-state index < -0.39 is 0 Å². The Labute approximate surface area is 107 Å². The molecule has 0 atom stereocenters. The maximum absolute atomic E-state index is 11.8. The van der Waals surface area contributed by atoms with E-state index in [2.05, 4.69) is 38.0 Å². The first kappa shape index (κ1) is 16.4. The summed E-state index contributed by atoms with van der Waals surface area (Å²) in [5, 5.41) is 0. The van der Waals surface area contributed by atoms with Gasteiger partial charge >= 0.3 is 0 Å². The van der Waals surface area contributed by atoms with E-state index in [9.17, 15) is 4.79 Å². The van der Waals surface area contributed by atoms with Gasteiger partial charge in [0, 0.05) is 19.5 Å². The van der Waals surface area contributed by atoms with Crippen LogP contribution in [0.5, 0.6) is 0 Å². The first-order chi connectivity index (χ1) is 7.97. The molecule has 0 saturated heterocycles. The standard InChI is InChI=1S/C13H29N3O/c1-6-13(17)16(11-7-9-14(2)3)12-8-10-15(4)5/h6-12H2,1-5H3. The third-order valence-corrected chi connectivity index (χ3v) is 2.72. The van der Waals surface area contributed by atoms with Crippen molar-refractivity contribution in [3.05, 3.63) is 0 Å². The molecular formula is C13H29N3O. The number of carbonyl (C=O) groups is 1. The summed E-state index contributed by atoms with van der Waals surface area (Å²) in [6, 6.07) is 0. The molecule has 0 unspecified atom stereocenters. The minimum Gasteiger partial charge on any atom is -0.343 e. The zero-order chi connectivity index (χ0) is 13.3. The van der Waals surface area contributed by atoms with Crippen LogP contribution in [-0.4, -0.2) is 75.0 Å². The quantitative estimate of drug-likeness (QED) is 0.607. The van der Waals surface area contributed by atoms with E-state index in [1.807, 2.05) is 11.8 Å². The van der Waals surface area contributed by atoms with Crippen LogP contribution in [0.25, 0.3) is 0 Å². The predicted molar refractivity (Wildman–Crippen MR) is 73.2 cm³/mol. The molecule has 0 radical (unpaired) electrons. The topological polar surface area (TPSA) is 26.8 Å². The molecule has 0 aromatic heterocycles. The second-order valence-corrected chi connectivity index (χ2v) is 5.05. The molecule has 0 aliphatic rings. The molecule has 4 nitrogen and oxygen atoms in total. The monoisotopic (exact) mass is 243 g/mol. The molecule has 0 spiro atoms. The summed E-state index contributed by atoms with van der Waals surface area (Å²) < 4.78 is 0. The Balaban J connectivity index is 3.93. The summed E-state index contributed by atoms with van der Waals surface area (Å²) in [7, 11) is 8.27. The summed E-state index contributed by atoms with van der Waals surface area (Å²) in [5.41, 5.74) is 0. The van der Waals surface area contributed by atoms with E-state index in [-0.39, 0.29) is 5.91 Å². The Bertz CT molecular complexity index is 191. The number of nitrogens with zero attached hydrogens (tertiary/aromatic N) is 3. The van der Waals surface area contributed by atoms with Crippen molar-refractivity contribution in [2.24, 2.45) is 0 Å². The molecule has 0 aromatic rings. The Kier molecular flexibility index (Phi) is 9.09. The molecule has 0 heterocycles. The van der Waals surface area contributed by atoms with Crippen LogP contribution in [0.2, 0.25) is 0 Å². The number of rotatable bonds is 9. The molecule has 0 bridgehead atoms. The number of hydrogen-bond donors (Lipinski definition) is 0. The van der Waals surface area contributed by atoms with Crippen molar-refractivity contribution in [2.45, 2.75) is 26.2 Å². The molecule has 17 heavy (non-hydrogen) atoms. The van der Waals surface area contributed by atoms with Crippen LogP contribution in [-0.2, 0) is 4.79 Å². The lowest BCUT2D eigenvalue weighted by molar-refractivity contribution is -0.131. The number of hydrogen-bond acceptors (Lipinski definition) is 3. The van der Waals surface area contributed by atoms with Crippen LogP contribution in [0, 0.1) is 0 Å². The fourth-order valence-electron chi connectivity index (χ4n) is 1.74. The average molecular weight is 243 g/mol. The largest absolute Gasteiger partial charge is 0.343 e. The van der Waals surface area contributed by atoms with Crippen molar-refractivity contribution >= 4 is 5.91 Å². The highest BCUT2D eigenvalue weighted by atomic mass is 16.2. The molecule has 0 N–H and O–H groups in total. The molecule has 4 heteroatoms. The van der Waals surface area contributed by atoms with Crippen LogP contribution >= 0.6 is 0 Å². The lowest BCUT2D eigenvalue weighted by Crippen LogP contribution is -2.35. The second kappa shape index (κ2) is 9.42. The van der Waals surface area contributed by atoms with Crippen LogP contribution in [0.15, 0.2) is 0 Å². The molecular weight excluding hydrogens is 214 g/mol. The summed E-state index contributed by atoms with van der Waals surface area (Å²) in [4.78, 5) is 18.1. The zero-order valence-electron chi connectivity index (χ0n) is 12.2. The minimum absolute atomic E-state index is 0.280. The van der Waals surface area contributed by atoms with E-state index in [0.717, 1.165) is 39.0 Å². The lowest BCUT2D eigenvalue weighted by Gasteiger charge is -2.24. The molecule has 0 saturated carbocycles. The summed E-state index contributed by atoms with van der Waals surface area (Å²) in [6.07, 6.45) is 2.73. The van der Waals surface area contributed by atoms with Crippen molar-refractivity contribution in [2.75, 3.05) is 54.4 Å². The Hall–Kier alpha value is -0.610. The van der Waals surface area contributed by atoms with Gasteiger partial charge in [0.05, 0.1) is 0 Å². The molecule has 0 aromatic carbocycles. The van der Waals surface area contributed by atoms with Crippen LogP contribution in [0.1, 0.15) is 26.2 Å². The van der Waals surface area contributed by atoms with Crippen LogP contribution in [0.3, 0.4) is 0 Å². The fraction of sp³-hybridized carbons (Fsp3) is 0.923. The van der Waals surface area contributed by atoms with E-state index >= 15 is 0 Å². The maximum Gasteiger partial charge on any atom is 0.222 e. The highest BCUT2D eigenvalue weighted by Gasteiger charge is 2.10. The highest BCUT2D eigenvalue weighted by Crippen LogP contribution is 1.99. The van der Waals surface area contributed by atoms with Gasteiger partial charge in [0.2, 0.25) is 5.91 Å². The summed E-state index contributed by atoms with van der Waals surface area (Å²) in [5.74, 6) is 0.280. The van der Waals surface area contributed by atoms with E-state index in [0.29, 0.717) is 6.42 Å². The number of amides is 1. The van der Waals surface area contributed by atoms with Crippen molar-refractivity contribution < 1.29 is 4.79 Å². The van der Waals surface area contributed by atoms with Gasteiger partial charge in [0.15, 0.2) is 0 Å².